The topological polar surface area (TPSA) is 39.1 Å². The fraction of sp³-hybridized carbons (Fsp3) is 0.400. The Morgan fingerprint density at radius 2 is 2.05 bits per heavy atom. The monoisotopic (exact) mass is 259 g/mol. The van der Waals surface area contributed by atoms with Gasteiger partial charge in [-0.25, -0.2) is 0 Å². The number of methoxy groups -OCH3 is 1. The lowest BCUT2D eigenvalue weighted by atomic mass is 10.1. The maximum Gasteiger partial charge on any atom is 0.124 e. The summed E-state index contributed by atoms with van der Waals surface area (Å²) < 4.78 is 6.96. The molecule has 0 unspecified atom stereocenters. The maximum atomic E-state index is 5.08. The maximum absolute atomic E-state index is 5.08. The molecule has 4 heteroatoms. The van der Waals surface area contributed by atoms with Crippen molar-refractivity contribution in [3.63, 3.8) is 0 Å². The minimum Gasteiger partial charge on any atom is -0.384 e. The lowest BCUT2D eigenvalue weighted by Crippen LogP contribution is -2.09. The Hall–Kier alpha value is -1.81. The van der Waals surface area contributed by atoms with Crippen molar-refractivity contribution in [2.75, 3.05) is 19.0 Å². The van der Waals surface area contributed by atoms with E-state index in [0.29, 0.717) is 6.61 Å². The molecule has 0 fully saturated rings. The van der Waals surface area contributed by atoms with Gasteiger partial charge >= 0.3 is 0 Å². The molecule has 1 N–H and O–H groups in total. The lowest BCUT2D eigenvalue weighted by Gasteiger charge is -2.15. The Morgan fingerprint density at radius 3 is 2.74 bits per heavy atom. The van der Waals surface area contributed by atoms with Gasteiger partial charge in [0, 0.05) is 32.7 Å². The molecule has 0 amide bonds. The fourth-order valence-corrected chi connectivity index (χ4v) is 2.04. The van der Waals surface area contributed by atoms with E-state index in [2.05, 4.69) is 47.7 Å². The highest BCUT2D eigenvalue weighted by atomic mass is 16.5. The molecule has 102 valence electrons. The van der Waals surface area contributed by atoms with Crippen LogP contribution in [-0.2, 0) is 18.2 Å². The first-order valence-electron chi connectivity index (χ1n) is 6.54. The van der Waals surface area contributed by atoms with Crippen LogP contribution in [0.5, 0.6) is 0 Å². The number of hydrogen-bond donors (Lipinski definition) is 1. The van der Waals surface area contributed by atoms with Gasteiger partial charge in [0.2, 0.25) is 0 Å². The zero-order chi connectivity index (χ0) is 13.7. The number of hydrogen-bond acceptors (Lipinski definition) is 3. The van der Waals surface area contributed by atoms with Gasteiger partial charge in [-0.1, -0.05) is 30.3 Å². The highest BCUT2D eigenvalue weighted by Crippen LogP contribution is 2.19. The molecule has 0 radical (unpaired) electrons. The molecule has 19 heavy (non-hydrogen) atoms. The van der Waals surface area contributed by atoms with Crippen LogP contribution in [0.3, 0.4) is 0 Å². The average molecular weight is 259 g/mol. The van der Waals surface area contributed by atoms with Crippen LogP contribution >= 0.6 is 0 Å². The second-order valence-electron chi connectivity index (χ2n) is 4.66. The molecule has 1 atom stereocenters. The number of nitrogens with one attached hydrogen (secondary N) is 1. The third-order valence-electron chi connectivity index (χ3n) is 3.16. The first-order valence-corrected chi connectivity index (χ1v) is 6.54. The van der Waals surface area contributed by atoms with Gasteiger partial charge in [-0.3, -0.25) is 4.68 Å². The summed E-state index contributed by atoms with van der Waals surface area (Å²) in [6, 6.07) is 12.7. The summed E-state index contributed by atoms with van der Waals surface area (Å²) in [6.45, 7) is 2.85. The van der Waals surface area contributed by atoms with Crippen molar-refractivity contribution >= 4 is 5.82 Å². The van der Waals surface area contributed by atoms with Gasteiger partial charge in [0.05, 0.1) is 12.3 Å². The largest absolute Gasteiger partial charge is 0.384 e. The summed E-state index contributed by atoms with van der Waals surface area (Å²) in [5, 5.41) is 7.95. The number of ether oxygens (including phenoxy) is 1. The fourth-order valence-electron chi connectivity index (χ4n) is 2.04. The molecule has 0 aliphatic heterocycles. The van der Waals surface area contributed by atoms with E-state index in [-0.39, 0.29) is 6.04 Å². The highest BCUT2D eigenvalue weighted by molar-refractivity contribution is 5.40. The second-order valence-corrected chi connectivity index (χ2v) is 4.66. The zero-order valence-electron chi connectivity index (χ0n) is 11.8. The van der Waals surface area contributed by atoms with Gasteiger partial charge in [-0.2, -0.15) is 5.10 Å². The SMILES string of the molecule is COCCc1cc(N[C@H](C)c2ccccc2)n(C)n1. The van der Waals surface area contributed by atoms with Crippen LogP contribution in [0.25, 0.3) is 0 Å². The van der Waals surface area contributed by atoms with Crippen molar-refractivity contribution in [1.82, 2.24) is 9.78 Å². The molecular formula is C15H21N3O. The third-order valence-corrected chi connectivity index (χ3v) is 3.16. The predicted molar refractivity (Wildman–Crippen MR) is 77.3 cm³/mol. The molecule has 0 spiro atoms. The van der Waals surface area contributed by atoms with Crippen molar-refractivity contribution in [3.8, 4) is 0 Å². The molecule has 1 aromatic carbocycles. The summed E-state index contributed by atoms with van der Waals surface area (Å²) in [5.41, 5.74) is 2.31. The first kappa shape index (κ1) is 13.6. The Labute approximate surface area is 114 Å². The van der Waals surface area contributed by atoms with Crippen molar-refractivity contribution in [3.05, 3.63) is 47.7 Å². The van der Waals surface area contributed by atoms with Crippen LogP contribution in [0.1, 0.15) is 24.2 Å². The molecule has 1 aromatic heterocycles. The van der Waals surface area contributed by atoms with E-state index in [1.807, 2.05) is 17.8 Å². The summed E-state index contributed by atoms with van der Waals surface area (Å²) in [4.78, 5) is 0. The standard InChI is InChI=1S/C15H21N3O/c1-12(13-7-5-4-6-8-13)16-15-11-14(9-10-19-3)17-18(15)2/h4-8,11-12,16H,9-10H2,1-3H3/t12-/m1/s1. The van der Waals surface area contributed by atoms with Crippen LogP contribution < -0.4 is 5.32 Å². The smallest absolute Gasteiger partial charge is 0.124 e. The van der Waals surface area contributed by atoms with E-state index in [1.165, 1.54) is 5.56 Å². The minimum atomic E-state index is 0.256. The van der Waals surface area contributed by atoms with E-state index < -0.39 is 0 Å². The molecular weight excluding hydrogens is 238 g/mol. The average Bonchev–Trinajstić information content (AvgIpc) is 2.78. The van der Waals surface area contributed by atoms with Gasteiger partial charge in [0.1, 0.15) is 5.82 Å². The van der Waals surface area contributed by atoms with Crippen molar-refractivity contribution < 1.29 is 4.74 Å². The molecule has 0 bridgehead atoms. The van der Waals surface area contributed by atoms with E-state index in [4.69, 9.17) is 4.74 Å². The van der Waals surface area contributed by atoms with Crippen LogP contribution in [0.15, 0.2) is 36.4 Å². The summed E-state index contributed by atoms with van der Waals surface area (Å²) in [5.74, 6) is 1.03. The molecule has 0 aliphatic rings. The summed E-state index contributed by atoms with van der Waals surface area (Å²) in [6.07, 6.45) is 0.839. The molecule has 0 aliphatic carbocycles. The number of benzene rings is 1. The third kappa shape index (κ3) is 3.58. The number of rotatable bonds is 6. The summed E-state index contributed by atoms with van der Waals surface area (Å²) in [7, 11) is 3.66. The van der Waals surface area contributed by atoms with Gasteiger partial charge in [-0.15, -0.1) is 0 Å². The molecule has 0 saturated carbocycles. The van der Waals surface area contributed by atoms with E-state index in [0.717, 1.165) is 17.9 Å². The lowest BCUT2D eigenvalue weighted by molar-refractivity contribution is 0.201. The predicted octanol–water partition coefficient (Wildman–Crippen LogP) is 2.78. The van der Waals surface area contributed by atoms with Gasteiger partial charge in [0.25, 0.3) is 0 Å². The second kappa shape index (κ2) is 6.38. The summed E-state index contributed by atoms with van der Waals surface area (Å²) >= 11 is 0. The zero-order valence-corrected chi connectivity index (χ0v) is 11.8. The number of aromatic nitrogens is 2. The number of aryl methyl sites for hydroxylation is 1. The highest BCUT2D eigenvalue weighted by Gasteiger charge is 2.09. The Balaban J connectivity index is 2.04. The Morgan fingerprint density at radius 1 is 1.32 bits per heavy atom. The van der Waals surface area contributed by atoms with Gasteiger partial charge < -0.3 is 10.1 Å². The van der Waals surface area contributed by atoms with Crippen LogP contribution in [0.2, 0.25) is 0 Å². The van der Waals surface area contributed by atoms with Gasteiger partial charge in [0.15, 0.2) is 0 Å². The van der Waals surface area contributed by atoms with E-state index in [9.17, 15) is 0 Å². The van der Waals surface area contributed by atoms with Crippen molar-refractivity contribution in [1.29, 1.82) is 0 Å². The number of anilines is 1. The molecule has 2 rings (SSSR count). The van der Waals surface area contributed by atoms with Gasteiger partial charge in [-0.05, 0) is 12.5 Å². The Bertz CT molecular complexity index is 507. The normalized spacial score (nSPS) is 12.4. The Kier molecular flexibility index (Phi) is 4.58. The number of nitrogens with zero attached hydrogens (tertiary/aromatic N) is 2. The van der Waals surface area contributed by atoms with E-state index in [1.54, 1.807) is 7.11 Å². The molecule has 1 heterocycles. The molecule has 0 saturated heterocycles. The van der Waals surface area contributed by atoms with Crippen LogP contribution in [-0.4, -0.2) is 23.5 Å². The first-order chi connectivity index (χ1) is 9.20. The molecule has 4 nitrogen and oxygen atoms in total. The van der Waals surface area contributed by atoms with Crippen molar-refractivity contribution in [2.45, 2.75) is 19.4 Å². The minimum absolute atomic E-state index is 0.256. The van der Waals surface area contributed by atoms with Crippen LogP contribution in [0, 0.1) is 0 Å². The molecule has 2 aromatic rings. The van der Waals surface area contributed by atoms with Crippen molar-refractivity contribution in [2.24, 2.45) is 7.05 Å². The van der Waals surface area contributed by atoms with Crippen LogP contribution in [0.4, 0.5) is 5.82 Å². The van der Waals surface area contributed by atoms with E-state index >= 15 is 0 Å². The quantitative estimate of drug-likeness (QED) is 0.867.